The second-order valence-electron chi connectivity index (χ2n) is 5.59. The van der Waals surface area contributed by atoms with Crippen LogP contribution in [-0.2, 0) is 6.42 Å². The molecule has 2 heteroatoms. The highest BCUT2D eigenvalue weighted by Gasteiger charge is 2.38. The second-order valence-corrected chi connectivity index (χ2v) is 5.59. The molecule has 0 amide bonds. The third-order valence-corrected chi connectivity index (χ3v) is 4.09. The summed E-state index contributed by atoms with van der Waals surface area (Å²) in [5.41, 5.74) is 2.64. The molecule has 1 fully saturated rings. The van der Waals surface area contributed by atoms with Crippen LogP contribution >= 0.6 is 0 Å². The first-order chi connectivity index (χ1) is 7.68. The van der Waals surface area contributed by atoms with Gasteiger partial charge in [0.25, 0.3) is 0 Å². The molecule has 1 aromatic carbocycles. The molecular weight excluding hydrogens is 201 g/mol. The third-order valence-electron chi connectivity index (χ3n) is 4.09. The van der Waals surface area contributed by atoms with Crippen molar-refractivity contribution in [2.75, 3.05) is 6.54 Å². The zero-order valence-electron chi connectivity index (χ0n) is 9.72. The maximum Gasteiger partial charge on any atom is 0.126 e. The number of nitrogens with one attached hydrogen (secondary N) is 1. The molecule has 1 unspecified atom stereocenters. The van der Waals surface area contributed by atoms with Gasteiger partial charge in [0.05, 0.1) is 0 Å². The van der Waals surface area contributed by atoms with E-state index in [0.717, 1.165) is 24.9 Å². The maximum absolute atomic E-state index is 13.5. The van der Waals surface area contributed by atoms with Crippen molar-refractivity contribution in [1.29, 1.82) is 0 Å². The average Bonchev–Trinajstić information content (AvgIpc) is 2.86. The van der Waals surface area contributed by atoms with E-state index in [1.807, 2.05) is 6.07 Å². The number of hydrogen-bond donors (Lipinski definition) is 1. The Hall–Kier alpha value is -0.890. The van der Waals surface area contributed by atoms with E-state index in [2.05, 4.69) is 18.3 Å². The largest absolute Gasteiger partial charge is 0.309 e. The van der Waals surface area contributed by atoms with E-state index in [4.69, 9.17) is 0 Å². The van der Waals surface area contributed by atoms with Crippen LogP contribution in [0, 0.1) is 11.2 Å². The number of rotatable bonds is 3. The first-order valence-corrected chi connectivity index (χ1v) is 6.19. The fourth-order valence-electron chi connectivity index (χ4n) is 2.58. The van der Waals surface area contributed by atoms with Crippen LogP contribution in [0.25, 0.3) is 0 Å². The van der Waals surface area contributed by atoms with E-state index in [1.165, 1.54) is 18.4 Å². The van der Waals surface area contributed by atoms with Crippen LogP contribution in [0.3, 0.4) is 0 Å². The van der Waals surface area contributed by atoms with Gasteiger partial charge in [-0.15, -0.1) is 0 Å². The van der Waals surface area contributed by atoms with Crippen LogP contribution in [0.5, 0.6) is 0 Å². The van der Waals surface area contributed by atoms with Gasteiger partial charge >= 0.3 is 0 Å². The standard InChI is InChI=1S/C14H18FN/c1-14(7-8-14)9-16-13-6-5-10-11(13)3-2-4-12(10)15/h2-4,13,16H,5-9H2,1H3. The van der Waals surface area contributed by atoms with Crippen molar-refractivity contribution in [2.24, 2.45) is 5.41 Å². The Labute approximate surface area is 96.1 Å². The van der Waals surface area contributed by atoms with Gasteiger partial charge in [-0.3, -0.25) is 0 Å². The number of hydrogen-bond acceptors (Lipinski definition) is 1. The van der Waals surface area contributed by atoms with E-state index in [9.17, 15) is 4.39 Å². The molecule has 2 aliphatic carbocycles. The van der Waals surface area contributed by atoms with Gasteiger partial charge in [0, 0.05) is 12.6 Å². The number of halogens is 1. The first-order valence-electron chi connectivity index (χ1n) is 6.19. The van der Waals surface area contributed by atoms with E-state index in [0.29, 0.717) is 11.5 Å². The zero-order chi connectivity index (χ0) is 11.2. The lowest BCUT2D eigenvalue weighted by Gasteiger charge is -2.17. The fourth-order valence-corrected chi connectivity index (χ4v) is 2.58. The summed E-state index contributed by atoms with van der Waals surface area (Å²) in [6.07, 6.45) is 4.61. The maximum atomic E-state index is 13.5. The summed E-state index contributed by atoms with van der Waals surface area (Å²) >= 11 is 0. The Morgan fingerprint density at radius 1 is 1.44 bits per heavy atom. The lowest BCUT2D eigenvalue weighted by atomic mass is 10.1. The van der Waals surface area contributed by atoms with Gasteiger partial charge in [-0.05, 0) is 48.3 Å². The highest BCUT2D eigenvalue weighted by Crippen LogP contribution is 2.45. The van der Waals surface area contributed by atoms with Crippen molar-refractivity contribution in [3.8, 4) is 0 Å². The molecule has 0 spiro atoms. The van der Waals surface area contributed by atoms with Crippen LogP contribution in [0.15, 0.2) is 18.2 Å². The molecule has 0 radical (unpaired) electrons. The highest BCUT2D eigenvalue weighted by molar-refractivity contribution is 5.35. The SMILES string of the molecule is CC1(CNC2CCc3c(F)cccc32)CC1. The molecule has 0 aliphatic heterocycles. The Kier molecular flexibility index (Phi) is 2.28. The monoisotopic (exact) mass is 219 g/mol. The van der Waals surface area contributed by atoms with Crippen molar-refractivity contribution < 1.29 is 4.39 Å². The van der Waals surface area contributed by atoms with Crippen molar-refractivity contribution in [3.05, 3.63) is 35.1 Å². The van der Waals surface area contributed by atoms with E-state index in [-0.39, 0.29) is 5.82 Å². The van der Waals surface area contributed by atoms with Crippen LogP contribution in [0.1, 0.15) is 43.4 Å². The van der Waals surface area contributed by atoms with Gasteiger partial charge in [0.1, 0.15) is 5.82 Å². The Morgan fingerprint density at radius 3 is 3.00 bits per heavy atom. The van der Waals surface area contributed by atoms with E-state index >= 15 is 0 Å². The number of fused-ring (bicyclic) bond motifs is 1. The predicted molar refractivity (Wildman–Crippen MR) is 62.8 cm³/mol. The fraction of sp³-hybridized carbons (Fsp3) is 0.571. The van der Waals surface area contributed by atoms with Gasteiger partial charge in [0.15, 0.2) is 0 Å². The second kappa shape index (κ2) is 3.56. The summed E-state index contributed by atoms with van der Waals surface area (Å²) in [5.74, 6) is -0.0283. The third kappa shape index (κ3) is 1.75. The first kappa shape index (κ1) is 10.3. The van der Waals surface area contributed by atoms with Gasteiger partial charge in [0.2, 0.25) is 0 Å². The molecule has 86 valence electrons. The smallest absolute Gasteiger partial charge is 0.126 e. The van der Waals surface area contributed by atoms with Gasteiger partial charge < -0.3 is 5.32 Å². The van der Waals surface area contributed by atoms with Crippen LogP contribution < -0.4 is 5.32 Å². The lowest BCUT2D eigenvalue weighted by molar-refractivity contribution is 0.439. The van der Waals surface area contributed by atoms with Crippen LogP contribution in [0.4, 0.5) is 4.39 Å². The average molecular weight is 219 g/mol. The quantitative estimate of drug-likeness (QED) is 0.823. The van der Waals surface area contributed by atoms with Crippen LogP contribution in [0.2, 0.25) is 0 Å². The van der Waals surface area contributed by atoms with Crippen molar-refractivity contribution in [1.82, 2.24) is 5.32 Å². The molecule has 0 bridgehead atoms. The molecule has 1 aromatic rings. The summed E-state index contributed by atoms with van der Waals surface area (Å²) in [6, 6.07) is 5.84. The molecule has 1 atom stereocenters. The minimum absolute atomic E-state index is 0.0283. The van der Waals surface area contributed by atoms with E-state index in [1.54, 1.807) is 6.07 Å². The molecule has 0 heterocycles. The Morgan fingerprint density at radius 2 is 2.25 bits per heavy atom. The molecule has 1 nitrogen and oxygen atoms in total. The molecule has 1 N–H and O–H groups in total. The van der Waals surface area contributed by atoms with Crippen molar-refractivity contribution in [2.45, 2.75) is 38.6 Å². The Balaban J connectivity index is 1.73. The van der Waals surface area contributed by atoms with E-state index < -0.39 is 0 Å². The highest BCUT2D eigenvalue weighted by atomic mass is 19.1. The summed E-state index contributed by atoms with van der Waals surface area (Å²) < 4.78 is 13.5. The lowest BCUT2D eigenvalue weighted by Crippen LogP contribution is -2.25. The molecule has 0 saturated heterocycles. The summed E-state index contributed by atoms with van der Waals surface area (Å²) in [7, 11) is 0. The van der Waals surface area contributed by atoms with Crippen molar-refractivity contribution in [3.63, 3.8) is 0 Å². The molecule has 2 aliphatic rings. The van der Waals surface area contributed by atoms with Gasteiger partial charge in [-0.1, -0.05) is 19.1 Å². The topological polar surface area (TPSA) is 12.0 Å². The van der Waals surface area contributed by atoms with Gasteiger partial charge in [-0.25, -0.2) is 4.39 Å². The minimum atomic E-state index is -0.0283. The molecule has 3 rings (SSSR count). The zero-order valence-corrected chi connectivity index (χ0v) is 9.72. The normalized spacial score (nSPS) is 25.5. The summed E-state index contributed by atoms with van der Waals surface area (Å²) in [4.78, 5) is 0. The molecule has 1 saturated carbocycles. The van der Waals surface area contributed by atoms with Gasteiger partial charge in [-0.2, -0.15) is 0 Å². The number of benzene rings is 1. The summed E-state index contributed by atoms with van der Waals surface area (Å²) in [6.45, 7) is 3.40. The molecule has 0 aromatic heterocycles. The van der Waals surface area contributed by atoms with Crippen LogP contribution in [-0.4, -0.2) is 6.54 Å². The Bertz CT molecular complexity index is 409. The molecule has 16 heavy (non-hydrogen) atoms. The van der Waals surface area contributed by atoms with Crippen molar-refractivity contribution >= 4 is 0 Å². The predicted octanol–water partition coefficient (Wildman–Crippen LogP) is 3.20. The molecular formula is C14H18FN. The minimum Gasteiger partial charge on any atom is -0.309 e. The summed E-state index contributed by atoms with van der Waals surface area (Å²) in [5, 5.41) is 3.60.